The van der Waals surface area contributed by atoms with Crippen molar-refractivity contribution < 1.29 is 14.7 Å². The Morgan fingerprint density at radius 2 is 1.95 bits per heavy atom. The van der Waals surface area contributed by atoms with Gasteiger partial charge in [0.25, 0.3) is 0 Å². The van der Waals surface area contributed by atoms with Gasteiger partial charge in [-0.15, -0.1) is 11.3 Å². The third kappa shape index (κ3) is 2.45. The number of nitrogens with one attached hydrogen (secondary N) is 1. The van der Waals surface area contributed by atoms with Gasteiger partial charge in [0, 0.05) is 4.88 Å². The van der Waals surface area contributed by atoms with Crippen molar-refractivity contribution in [3.05, 3.63) is 27.7 Å². The number of carboxylic acid groups (broad SMARTS) is 1. The molecule has 5 atom stereocenters. The predicted molar refractivity (Wildman–Crippen MR) is 83.5 cm³/mol. The fourth-order valence-corrected chi connectivity index (χ4v) is 4.77. The molecule has 2 aliphatic carbocycles. The Hall–Kier alpha value is -1.69. The van der Waals surface area contributed by atoms with Gasteiger partial charge >= 0.3 is 5.97 Å². The van der Waals surface area contributed by atoms with E-state index in [1.807, 2.05) is 32.9 Å². The highest BCUT2D eigenvalue weighted by Crippen LogP contribution is 2.48. The molecule has 1 aromatic rings. The third-order valence-electron chi connectivity index (χ3n) is 4.74. The zero-order chi connectivity index (χ0) is 16.0. The average Bonchev–Trinajstić information content (AvgIpc) is 3.11. The Labute approximate surface area is 133 Å². The van der Waals surface area contributed by atoms with E-state index < -0.39 is 17.8 Å². The smallest absolute Gasteiger partial charge is 0.307 e. The molecule has 6 heteroatoms. The van der Waals surface area contributed by atoms with Gasteiger partial charge in [-0.25, -0.2) is 4.98 Å². The lowest BCUT2D eigenvalue weighted by molar-refractivity contribution is -0.148. The molecular formula is C16H20N2O3S. The molecule has 1 saturated carbocycles. The first-order valence-corrected chi connectivity index (χ1v) is 8.35. The van der Waals surface area contributed by atoms with E-state index in [-0.39, 0.29) is 23.8 Å². The second-order valence-corrected chi connectivity index (χ2v) is 7.49. The summed E-state index contributed by atoms with van der Waals surface area (Å²) in [5, 5.41) is 13.4. The van der Waals surface area contributed by atoms with Gasteiger partial charge in [-0.05, 0) is 39.0 Å². The van der Waals surface area contributed by atoms with Gasteiger partial charge in [-0.3, -0.25) is 9.59 Å². The van der Waals surface area contributed by atoms with Crippen LogP contribution in [0.3, 0.4) is 0 Å². The van der Waals surface area contributed by atoms with Crippen LogP contribution in [0.5, 0.6) is 0 Å². The van der Waals surface area contributed by atoms with Gasteiger partial charge < -0.3 is 10.4 Å². The molecule has 5 nitrogen and oxygen atoms in total. The number of carbonyl (C=O) groups excluding carboxylic acids is 1. The zero-order valence-corrected chi connectivity index (χ0v) is 13.7. The fourth-order valence-electron chi connectivity index (χ4n) is 3.84. The van der Waals surface area contributed by atoms with E-state index in [1.54, 1.807) is 11.3 Å². The summed E-state index contributed by atoms with van der Waals surface area (Å²) in [7, 11) is 0. The highest BCUT2D eigenvalue weighted by Gasteiger charge is 2.51. The van der Waals surface area contributed by atoms with E-state index in [9.17, 15) is 14.7 Å². The van der Waals surface area contributed by atoms with Crippen LogP contribution in [-0.4, -0.2) is 22.0 Å². The number of aromatic nitrogens is 1. The molecule has 0 radical (unpaired) electrons. The van der Waals surface area contributed by atoms with Crippen LogP contribution in [0.2, 0.25) is 0 Å². The van der Waals surface area contributed by atoms with Crippen LogP contribution in [0.25, 0.3) is 0 Å². The fraction of sp³-hybridized carbons (Fsp3) is 0.562. The molecule has 1 fully saturated rings. The lowest BCUT2D eigenvalue weighted by Crippen LogP contribution is -2.41. The molecule has 2 N–H and O–H groups in total. The monoisotopic (exact) mass is 320 g/mol. The summed E-state index contributed by atoms with van der Waals surface area (Å²) in [6.07, 6.45) is 4.73. The highest BCUT2D eigenvalue weighted by atomic mass is 32.1. The second kappa shape index (κ2) is 5.50. The molecular weight excluding hydrogens is 300 g/mol. The molecule has 22 heavy (non-hydrogen) atoms. The highest BCUT2D eigenvalue weighted by molar-refractivity contribution is 7.11. The molecule has 1 amide bonds. The average molecular weight is 320 g/mol. The third-order valence-corrected chi connectivity index (χ3v) is 5.99. The maximum absolute atomic E-state index is 12.6. The van der Waals surface area contributed by atoms with Gasteiger partial charge in [0.05, 0.1) is 28.6 Å². The van der Waals surface area contributed by atoms with E-state index in [2.05, 4.69) is 10.3 Å². The van der Waals surface area contributed by atoms with E-state index in [4.69, 9.17) is 0 Å². The second-order valence-electron chi connectivity index (χ2n) is 6.25. The lowest BCUT2D eigenvalue weighted by Gasteiger charge is -2.25. The summed E-state index contributed by atoms with van der Waals surface area (Å²) in [6, 6.07) is -0.142. The number of aryl methyl sites for hydroxylation is 2. The number of carboxylic acids is 1. The topological polar surface area (TPSA) is 79.3 Å². The van der Waals surface area contributed by atoms with Crippen LogP contribution in [0.4, 0.5) is 0 Å². The molecule has 2 aliphatic rings. The molecule has 0 unspecified atom stereocenters. The van der Waals surface area contributed by atoms with Crippen LogP contribution in [-0.2, 0) is 9.59 Å². The molecule has 1 aromatic heterocycles. The molecule has 0 aromatic carbocycles. The van der Waals surface area contributed by atoms with Crippen molar-refractivity contribution >= 4 is 23.2 Å². The molecule has 2 bridgehead atoms. The first kappa shape index (κ1) is 15.2. The number of carbonyl (C=O) groups is 2. The van der Waals surface area contributed by atoms with Crippen molar-refractivity contribution in [2.45, 2.75) is 33.2 Å². The predicted octanol–water partition coefficient (Wildman–Crippen LogP) is 2.46. The number of allylic oxidation sites excluding steroid dienone is 2. The number of fused-ring (bicyclic) bond motifs is 2. The van der Waals surface area contributed by atoms with Gasteiger partial charge in [-0.1, -0.05) is 12.2 Å². The minimum absolute atomic E-state index is 0.000871. The van der Waals surface area contributed by atoms with Gasteiger partial charge in [0.15, 0.2) is 0 Å². The van der Waals surface area contributed by atoms with Crippen LogP contribution in [0, 0.1) is 37.5 Å². The Kier molecular flexibility index (Phi) is 3.80. The molecule has 0 spiro atoms. The molecule has 0 saturated heterocycles. The Bertz CT molecular complexity index is 652. The van der Waals surface area contributed by atoms with E-state index in [1.165, 1.54) is 0 Å². The van der Waals surface area contributed by atoms with Gasteiger partial charge in [-0.2, -0.15) is 0 Å². The van der Waals surface area contributed by atoms with Crippen LogP contribution in [0.15, 0.2) is 12.2 Å². The molecule has 0 aliphatic heterocycles. The number of aliphatic carboxylic acids is 1. The minimum Gasteiger partial charge on any atom is -0.481 e. The van der Waals surface area contributed by atoms with Gasteiger partial charge in [0.2, 0.25) is 5.91 Å². The largest absolute Gasteiger partial charge is 0.481 e. The number of thiazole rings is 1. The van der Waals surface area contributed by atoms with Crippen LogP contribution in [0.1, 0.15) is 35.0 Å². The maximum atomic E-state index is 12.6. The SMILES string of the molecule is Cc1nc(C)c([C@H](C)NC(=O)[C@H]2[C@@H](C(=O)O)[C@H]3C=C[C@H]2C3)s1. The number of nitrogens with zero attached hydrogens (tertiary/aromatic N) is 1. The van der Waals surface area contributed by atoms with Gasteiger partial charge in [0.1, 0.15) is 0 Å². The summed E-state index contributed by atoms with van der Waals surface area (Å²) < 4.78 is 0. The first-order valence-electron chi connectivity index (χ1n) is 7.54. The van der Waals surface area contributed by atoms with Crippen LogP contribution < -0.4 is 5.32 Å². The summed E-state index contributed by atoms with van der Waals surface area (Å²) >= 11 is 1.57. The van der Waals surface area contributed by atoms with Crippen molar-refractivity contribution in [3.8, 4) is 0 Å². The molecule has 3 rings (SSSR count). The van der Waals surface area contributed by atoms with Crippen molar-refractivity contribution in [2.24, 2.45) is 23.7 Å². The summed E-state index contributed by atoms with van der Waals surface area (Å²) in [6.45, 7) is 5.80. The number of amides is 1. The van der Waals surface area contributed by atoms with Crippen molar-refractivity contribution in [1.82, 2.24) is 10.3 Å². The summed E-state index contributed by atoms with van der Waals surface area (Å²) in [5.41, 5.74) is 0.929. The standard InChI is InChI=1S/C16H20N2O3S/c1-7-14(22-9(3)17-7)8(2)18-15(19)12-10-4-5-11(6-10)13(12)16(20)21/h4-5,8,10-13H,6H2,1-3H3,(H,18,19)(H,20,21)/t8-,10-,11-,12+,13-/m0/s1. The first-order chi connectivity index (χ1) is 10.4. The van der Waals surface area contributed by atoms with E-state index in [0.717, 1.165) is 22.0 Å². The summed E-state index contributed by atoms with van der Waals surface area (Å²) in [5.74, 6) is -2.00. The Morgan fingerprint density at radius 1 is 1.32 bits per heavy atom. The normalized spacial score (nSPS) is 30.5. The summed E-state index contributed by atoms with van der Waals surface area (Å²) in [4.78, 5) is 29.5. The van der Waals surface area contributed by atoms with Crippen LogP contribution >= 0.6 is 11.3 Å². The quantitative estimate of drug-likeness (QED) is 0.835. The van der Waals surface area contributed by atoms with Crippen molar-refractivity contribution in [2.75, 3.05) is 0 Å². The Balaban J connectivity index is 1.75. The number of rotatable bonds is 4. The lowest BCUT2D eigenvalue weighted by atomic mass is 9.82. The molecule has 1 heterocycles. The number of hydrogen-bond acceptors (Lipinski definition) is 4. The Morgan fingerprint density at radius 3 is 2.50 bits per heavy atom. The van der Waals surface area contributed by atoms with Crippen molar-refractivity contribution in [1.29, 1.82) is 0 Å². The van der Waals surface area contributed by atoms with E-state index in [0.29, 0.717) is 0 Å². The zero-order valence-electron chi connectivity index (χ0n) is 12.9. The molecule has 118 valence electrons. The van der Waals surface area contributed by atoms with Crippen molar-refractivity contribution in [3.63, 3.8) is 0 Å². The number of hydrogen-bond donors (Lipinski definition) is 2. The maximum Gasteiger partial charge on any atom is 0.307 e. The van der Waals surface area contributed by atoms with E-state index >= 15 is 0 Å². The minimum atomic E-state index is -0.866.